The third-order valence-corrected chi connectivity index (χ3v) is 4.51. The topological polar surface area (TPSA) is 72.2 Å². The highest BCUT2D eigenvalue weighted by atomic mass is 32.2. The van der Waals surface area contributed by atoms with E-state index >= 15 is 0 Å². The minimum absolute atomic E-state index is 0.0498. The smallest absolute Gasteiger partial charge is 0.236 e. The summed E-state index contributed by atoms with van der Waals surface area (Å²) in [4.78, 5) is 11.8. The molecule has 19 heavy (non-hydrogen) atoms. The predicted molar refractivity (Wildman–Crippen MR) is 81.6 cm³/mol. The second-order valence-electron chi connectivity index (χ2n) is 4.89. The Balaban J connectivity index is 2.53. The van der Waals surface area contributed by atoms with Gasteiger partial charge in [0, 0.05) is 27.9 Å². The summed E-state index contributed by atoms with van der Waals surface area (Å²) in [6, 6.07) is 5.30. The van der Waals surface area contributed by atoms with Crippen molar-refractivity contribution in [3.63, 3.8) is 0 Å². The zero-order valence-electron chi connectivity index (χ0n) is 11.7. The number of nitrogen functional groups attached to an aromatic ring is 1. The lowest BCUT2D eigenvalue weighted by atomic mass is 10.2. The first-order chi connectivity index (χ1) is 8.92. The van der Waals surface area contributed by atoms with Crippen molar-refractivity contribution < 1.29 is 9.00 Å². The van der Waals surface area contributed by atoms with Crippen LogP contribution in [0.1, 0.15) is 25.8 Å². The summed E-state index contributed by atoms with van der Waals surface area (Å²) in [6.07, 6.45) is 0.977. The van der Waals surface area contributed by atoms with Gasteiger partial charge in [-0.2, -0.15) is 0 Å². The molecule has 5 heteroatoms. The standard InChI is InChI=1S/C14H22N2O2S/c1-4-10(2)8-19(18)9-14(17)16-13-6-5-12(15)7-11(13)3/h5-7,10H,4,8-9,15H2,1-3H3,(H,16,17). The number of benzene rings is 1. The van der Waals surface area contributed by atoms with Gasteiger partial charge in [0.05, 0.1) is 0 Å². The van der Waals surface area contributed by atoms with Crippen LogP contribution < -0.4 is 11.1 Å². The van der Waals surface area contributed by atoms with Crippen LogP contribution in [0, 0.1) is 12.8 Å². The first-order valence-electron chi connectivity index (χ1n) is 6.43. The number of hydrogen-bond acceptors (Lipinski definition) is 3. The number of nitrogens with two attached hydrogens (primary N) is 1. The van der Waals surface area contributed by atoms with Gasteiger partial charge < -0.3 is 11.1 Å². The first kappa shape index (κ1) is 15.7. The van der Waals surface area contributed by atoms with Crippen LogP contribution in [0.25, 0.3) is 0 Å². The SMILES string of the molecule is CCC(C)CS(=O)CC(=O)Nc1ccc(N)cc1C. The zero-order valence-corrected chi connectivity index (χ0v) is 12.5. The molecule has 106 valence electrons. The van der Waals surface area contributed by atoms with Gasteiger partial charge in [0.15, 0.2) is 0 Å². The summed E-state index contributed by atoms with van der Waals surface area (Å²) in [5.41, 5.74) is 7.94. The van der Waals surface area contributed by atoms with Gasteiger partial charge in [-0.15, -0.1) is 0 Å². The number of anilines is 2. The van der Waals surface area contributed by atoms with Crippen LogP contribution in [0.4, 0.5) is 11.4 Å². The lowest BCUT2D eigenvalue weighted by Crippen LogP contribution is -2.22. The second-order valence-corrected chi connectivity index (χ2v) is 6.39. The van der Waals surface area contributed by atoms with Gasteiger partial charge in [-0.05, 0) is 36.6 Å². The van der Waals surface area contributed by atoms with Crippen molar-refractivity contribution in [3.8, 4) is 0 Å². The van der Waals surface area contributed by atoms with Crippen LogP contribution in [-0.2, 0) is 15.6 Å². The Labute approximate surface area is 117 Å². The molecule has 0 radical (unpaired) electrons. The molecule has 0 bridgehead atoms. The van der Waals surface area contributed by atoms with Crippen molar-refractivity contribution in [1.29, 1.82) is 0 Å². The highest BCUT2D eigenvalue weighted by molar-refractivity contribution is 7.85. The molecular formula is C14H22N2O2S. The van der Waals surface area contributed by atoms with Crippen LogP contribution in [0.2, 0.25) is 0 Å². The van der Waals surface area contributed by atoms with Crippen LogP contribution in [0.15, 0.2) is 18.2 Å². The fourth-order valence-electron chi connectivity index (χ4n) is 1.65. The lowest BCUT2D eigenvalue weighted by Gasteiger charge is -2.10. The maximum atomic E-state index is 11.8. The average Bonchev–Trinajstić information content (AvgIpc) is 2.32. The molecule has 4 nitrogen and oxygen atoms in total. The van der Waals surface area contributed by atoms with E-state index in [9.17, 15) is 9.00 Å². The lowest BCUT2D eigenvalue weighted by molar-refractivity contribution is -0.113. The molecule has 1 aromatic rings. The molecule has 1 rings (SSSR count). The van der Waals surface area contributed by atoms with Crippen LogP contribution in [0.5, 0.6) is 0 Å². The van der Waals surface area contributed by atoms with Crippen molar-refractivity contribution in [3.05, 3.63) is 23.8 Å². The quantitative estimate of drug-likeness (QED) is 0.786. The summed E-state index contributed by atoms with van der Waals surface area (Å²) in [5.74, 6) is 0.792. The van der Waals surface area contributed by atoms with Crippen molar-refractivity contribution in [1.82, 2.24) is 0 Å². The molecule has 2 atom stereocenters. The number of amides is 1. The van der Waals surface area contributed by atoms with Gasteiger partial charge in [-0.3, -0.25) is 9.00 Å². The molecule has 0 aliphatic carbocycles. The number of rotatable bonds is 6. The Bertz CT molecular complexity index is 475. The van der Waals surface area contributed by atoms with E-state index in [-0.39, 0.29) is 11.7 Å². The van der Waals surface area contributed by atoms with Crippen LogP contribution in [0.3, 0.4) is 0 Å². The highest BCUT2D eigenvalue weighted by Crippen LogP contribution is 2.17. The molecule has 0 saturated carbocycles. The largest absolute Gasteiger partial charge is 0.399 e. The molecule has 0 spiro atoms. The number of carbonyl (C=O) groups excluding carboxylic acids is 1. The Kier molecular flexibility index (Phi) is 6.02. The molecule has 0 fully saturated rings. The van der Waals surface area contributed by atoms with E-state index in [1.165, 1.54) is 0 Å². The van der Waals surface area contributed by atoms with E-state index in [4.69, 9.17) is 5.73 Å². The minimum Gasteiger partial charge on any atom is -0.399 e. The fraction of sp³-hybridized carbons (Fsp3) is 0.500. The van der Waals surface area contributed by atoms with Gasteiger partial charge in [0.25, 0.3) is 0 Å². The first-order valence-corrected chi connectivity index (χ1v) is 7.92. The van der Waals surface area contributed by atoms with E-state index < -0.39 is 10.8 Å². The van der Waals surface area contributed by atoms with Crippen molar-refractivity contribution >= 4 is 28.1 Å². The number of aryl methyl sites for hydroxylation is 1. The molecule has 1 aromatic carbocycles. The molecule has 0 saturated heterocycles. The zero-order chi connectivity index (χ0) is 14.4. The van der Waals surface area contributed by atoms with Crippen molar-refractivity contribution in [2.24, 2.45) is 5.92 Å². The Morgan fingerprint density at radius 3 is 2.74 bits per heavy atom. The maximum absolute atomic E-state index is 11.8. The number of nitrogens with one attached hydrogen (secondary N) is 1. The second kappa shape index (κ2) is 7.28. The molecule has 3 N–H and O–H groups in total. The molecule has 0 aromatic heterocycles. The minimum atomic E-state index is -1.10. The molecular weight excluding hydrogens is 260 g/mol. The van der Waals surface area contributed by atoms with Gasteiger partial charge >= 0.3 is 0 Å². The van der Waals surface area contributed by atoms with Gasteiger partial charge in [-0.25, -0.2) is 0 Å². The number of carbonyl (C=O) groups is 1. The van der Waals surface area contributed by atoms with Crippen LogP contribution in [-0.4, -0.2) is 21.6 Å². The van der Waals surface area contributed by atoms with Gasteiger partial charge in [-0.1, -0.05) is 20.3 Å². The predicted octanol–water partition coefficient (Wildman–Crippen LogP) is 2.31. The monoisotopic (exact) mass is 282 g/mol. The fourth-order valence-corrected chi connectivity index (χ4v) is 3.01. The summed E-state index contributed by atoms with van der Waals surface area (Å²) in [5, 5.41) is 2.77. The van der Waals surface area contributed by atoms with E-state index in [1.54, 1.807) is 18.2 Å². The van der Waals surface area contributed by atoms with Crippen molar-refractivity contribution in [2.45, 2.75) is 27.2 Å². The Morgan fingerprint density at radius 1 is 1.47 bits per heavy atom. The van der Waals surface area contributed by atoms with E-state index in [2.05, 4.69) is 12.2 Å². The van der Waals surface area contributed by atoms with Gasteiger partial charge in [0.1, 0.15) is 5.75 Å². The normalized spacial score (nSPS) is 13.8. The Hall–Kier alpha value is -1.36. The molecule has 2 unspecified atom stereocenters. The van der Waals surface area contributed by atoms with Crippen LogP contribution >= 0.6 is 0 Å². The summed E-state index contributed by atoms with van der Waals surface area (Å²) < 4.78 is 11.8. The molecule has 0 aliphatic rings. The van der Waals surface area contributed by atoms with Gasteiger partial charge in [0.2, 0.25) is 5.91 Å². The van der Waals surface area contributed by atoms with E-state index in [0.29, 0.717) is 17.4 Å². The number of hydrogen-bond donors (Lipinski definition) is 2. The maximum Gasteiger partial charge on any atom is 0.236 e. The molecule has 0 aliphatic heterocycles. The molecule has 1 amide bonds. The van der Waals surface area contributed by atoms with E-state index in [1.807, 2.05) is 13.8 Å². The summed E-state index contributed by atoms with van der Waals surface area (Å²) in [7, 11) is -1.10. The summed E-state index contributed by atoms with van der Waals surface area (Å²) in [6.45, 7) is 5.97. The third-order valence-electron chi connectivity index (χ3n) is 2.98. The van der Waals surface area contributed by atoms with E-state index in [0.717, 1.165) is 17.7 Å². The Morgan fingerprint density at radius 2 is 2.16 bits per heavy atom. The highest BCUT2D eigenvalue weighted by Gasteiger charge is 2.12. The summed E-state index contributed by atoms with van der Waals surface area (Å²) >= 11 is 0. The molecule has 0 heterocycles. The van der Waals surface area contributed by atoms with Crippen molar-refractivity contribution in [2.75, 3.05) is 22.6 Å². The third kappa shape index (κ3) is 5.42. The average molecular weight is 282 g/mol.